The molecule has 0 unspecified atom stereocenters. The molecule has 3 aromatic carbocycles. The molecule has 0 bridgehead atoms. The highest BCUT2D eigenvalue weighted by molar-refractivity contribution is 6.39. The summed E-state index contributed by atoms with van der Waals surface area (Å²) in [5.74, 6) is -1.15. The van der Waals surface area contributed by atoms with E-state index in [2.05, 4.69) is 22.8 Å². The lowest BCUT2D eigenvalue weighted by atomic mass is 10.2. The maximum absolute atomic E-state index is 12.3. The Balaban J connectivity index is 1.46. The number of anilines is 1. The van der Waals surface area contributed by atoms with E-state index in [4.69, 9.17) is 9.47 Å². The van der Waals surface area contributed by atoms with Gasteiger partial charge in [-0.05, 0) is 72.6 Å². The first kappa shape index (κ1) is 24.2. The zero-order valence-electron chi connectivity index (χ0n) is 18.7. The van der Waals surface area contributed by atoms with Crippen molar-refractivity contribution in [3.05, 3.63) is 90.0 Å². The van der Waals surface area contributed by atoms with E-state index in [1.807, 2.05) is 0 Å². The van der Waals surface area contributed by atoms with E-state index in [1.54, 1.807) is 78.9 Å². The first-order valence-electron chi connectivity index (χ1n) is 10.8. The second-order valence-corrected chi connectivity index (χ2v) is 7.20. The molecule has 0 aromatic heterocycles. The minimum Gasteiger partial charge on any atom is -0.494 e. The van der Waals surface area contributed by atoms with E-state index in [0.29, 0.717) is 34.9 Å². The smallest absolute Gasteiger partial charge is 0.343 e. The number of amides is 2. The van der Waals surface area contributed by atoms with Crippen molar-refractivity contribution < 1.29 is 23.9 Å². The van der Waals surface area contributed by atoms with Crippen LogP contribution in [0.15, 0.2) is 84.0 Å². The van der Waals surface area contributed by atoms with Gasteiger partial charge in [0.25, 0.3) is 0 Å². The quantitative estimate of drug-likeness (QED) is 0.125. The Morgan fingerprint density at radius 2 is 1.53 bits per heavy atom. The average molecular weight is 460 g/mol. The third-order valence-corrected chi connectivity index (χ3v) is 4.56. The van der Waals surface area contributed by atoms with Gasteiger partial charge in [0.05, 0.1) is 18.4 Å². The molecule has 2 amide bonds. The Morgan fingerprint density at radius 3 is 2.21 bits per heavy atom. The largest absolute Gasteiger partial charge is 0.494 e. The Kier molecular flexibility index (Phi) is 8.92. The van der Waals surface area contributed by atoms with Crippen LogP contribution in [-0.2, 0) is 9.59 Å². The third-order valence-electron chi connectivity index (χ3n) is 4.56. The summed E-state index contributed by atoms with van der Waals surface area (Å²) >= 11 is 0. The van der Waals surface area contributed by atoms with E-state index in [0.717, 1.165) is 12.8 Å². The fraction of sp³-hybridized carbons (Fsp3) is 0.154. The van der Waals surface area contributed by atoms with Crippen LogP contribution in [0.2, 0.25) is 0 Å². The highest BCUT2D eigenvalue weighted by Gasteiger charge is 2.12. The highest BCUT2D eigenvalue weighted by Crippen LogP contribution is 2.16. The van der Waals surface area contributed by atoms with Crippen LogP contribution >= 0.6 is 0 Å². The van der Waals surface area contributed by atoms with Gasteiger partial charge in [0.15, 0.2) is 0 Å². The van der Waals surface area contributed by atoms with Crippen molar-refractivity contribution in [2.24, 2.45) is 5.10 Å². The zero-order chi connectivity index (χ0) is 24.2. The molecule has 0 heterocycles. The Hall–Kier alpha value is -4.46. The molecule has 0 saturated carbocycles. The summed E-state index contributed by atoms with van der Waals surface area (Å²) in [4.78, 5) is 36.0. The predicted molar refractivity (Wildman–Crippen MR) is 129 cm³/mol. The predicted octanol–water partition coefficient (Wildman–Crippen LogP) is 4.17. The summed E-state index contributed by atoms with van der Waals surface area (Å²) in [6.07, 6.45) is 3.40. The zero-order valence-corrected chi connectivity index (χ0v) is 18.7. The van der Waals surface area contributed by atoms with Crippen molar-refractivity contribution in [2.75, 3.05) is 11.9 Å². The van der Waals surface area contributed by atoms with Crippen LogP contribution in [0.25, 0.3) is 0 Å². The Labute approximate surface area is 197 Å². The molecule has 3 rings (SSSR count). The number of benzene rings is 3. The number of nitrogens with one attached hydrogen (secondary N) is 2. The molecule has 0 fully saturated rings. The lowest BCUT2D eigenvalue weighted by Gasteiger charge is -2.07. The number of hydrogen-bond acceptors (Lipinski definition) is 6. The number of hydrogen-bond donors (Lipinski definition) is 2. The average Bonchev–Trinajstić information content (AvgIpc) is 2.86. The van der Waals surface area contributed by atoms with Crippen LogP contribution < -0.4 is 20.2 Å². The lowest BCUT2D eigenvalue weighted by Crippen LogP contribution is -2.32. The van der Waals surface area contributed by atoms with Gasteiger partial charge < -0.3 is 14.8 Å². The van der Waals surface area contributed by atoms with Gasteiger partial charge in [0.1, 0.15) is 11.5 Å². The summed E-state index contributed by atoms with van der Waals surface area (Å²) < 4.78 is 11.0. The van der Waals surface area contributed by atoms with Crippen LogP contribution in [0.4, 0.5) is 5.69 Å². The topological polar surface area (TPSA) is 106 Å². The van der Waals surface area contributed by atoms with E-state index in [9.17, 15) is 14.4 Å². The fourth-order valence-corrected chi connectivity index (χ4v) is 2.74. The molecule has 174 valence electrons. The van der Waals surface area contributed by atoms with Crippen molar-refractivity contribution in [2.45, 2.75) is 19.8 Å². The third kappa shape index (κ3) is 7.59. The number of hydrazone groups is 1. The summed E-state index contributed by atoms with van der Waals surface area (Å²) in [6, 6.07) is 21.9. The van der Waals surface area contributed by atoms with E-state index in [-0.39, 0.29) is 0 Å². The van der Waals surface area contributed by atoms with Gasteiger partial charge in [-0.1, -0.05) is 31.5 Å². The standard InChI is InChI=1S/C26H25N3O5/c1-2-3-17-33-22-15-11-20(12-16-22)26(32)34-23-13-9-19(10-14-23)18-27-29-25(31)24(30)28-21-7-5-4-6-8-21/h4-16,18H,2-3,17H2,1H3,(H,28,30)(H,29,31). The number of esters is 1. The first-order valence-corrected chi connectivity index (χ1v) is 10.8. The summed E-state index contributed by atoms with van der Waals surface area (Å²) in [5.41, 5.74) is 3.71. The molecule has 0 atom stereocenters. The van der Waals surface area contributed by atoms with Crippen molar-refractivity contribution >= 4 is 29.7 Å². The molecule has 34 heavy (non-hydrogen) atoms. The molecular formula is C26H25N3O5. The number of nitrogens with zero attached hydrogens (tertiary/aromatic N) is 1. The van der Waals surface area contributed by atoms with Crippen molar-refractivity contribution in [3.8, 4) is 11.5 Å². The molecular weight excluding hydrogens is 434 g/mol. The van der Waals surface area contributed by atoms with Crippen LogP contribution in [0.3, 0.4) is 0 Å². The van der Waals surface area contributed by atoms with Gasteiger partial charge in [-0.15, -0.1) is 0 Å². The molecule has 0 saturated heterocycles. The van der Waals surface area contributed by atoms with Gasteiger partial charge in [0.2, 0.25) is 0 Å². The molecule has 0 aliphatic heterocycles. The molecule has 0 aliphatic carbocycles. The normalized spacial score (nSPS) is 10.5. The van der Waals surface area contributed by atoms with E-state index in [1.165, 1.54) is 6.21 Å². The van der Waals surface area contributed by atoms with E-state index < -0.39 is 17.8 Å². The second-order valence-electron chi connectivity index (χ2n) is 7.20. The number of ether oxygens (including phenoxy) is 2. The lowest BCUT2D eigenvalue weighted by molar-refractivity contribution is -0.136. The maximum Gasteiger partial charge on any atom is 0.343 e. The minimum atomic E-state index is -0.896. The monoisotopic (exact) mass is 459 g/mol. The SMILES string of the molecule is CCCCOc1ccc(C(=O)Oc2ccc(C=NNC(=O)C(=O)Nc3ccccc3)cc2)cc1. The molecule has 8 heteroatoms. The minimum absolute atomic E-state index is 0.358. The molecule has 0 aliphatic rings. The Morgan fingerprint density at radius 1 is 0.853 bits per heavy atom. The maximum atomic E-state index is 12.3. The molecule has 3 aromatic rings. The summed E-state index contributed by atoms with van der Waals surface area (Å²) in [7, 11) is 0. The van der Waals surface area contributed by atoms with Crippen LogP contribution in [-0.4, -0.2) is 30.6 Å². The van der Waals surface area contributed by atoms with E-state index >= 15 is 0 Å². The van der Waals surface area contributed by atoms with Gasteiger partial charge in [-0.25, -0.2) is 10.2 Å². The van der Waals surface area contributed by atoms with Gasteiger partial charge in [-0.2, -0.15) is 5.10 Å². The summed E-state index contributed by atoms with van der Waals surface area (Å²) in [5, 5.41) is 6.24. The van der Waals surface area contributed by atoms with Gasteiger partial charge >= 0.3 is 17.8 Å². The van der Waals surface area contributed by atoms with Crippen molar-refractivity contribution in [3.63, 3.8) is 0 Å². The number of para-hydroxylation sites is 1. The number of carbonyl (C=O) groups is 3. The van der Waals surface area contributed by atoms with Crippen molar-refractivity contribution in [1.29, 1.82) is 0 Å². The molecule has 8 nitrogen and oxygen atoms in total. The van der Waals surface area contributed by atoms with Gasteiger partial charge in [0, 0.05) is 5.69 Å². The van der Waals surface area contributed by atoms with Crippen molar-refractivity contribution in [1.82, 2.24) is 5.43 Å². The van der Waals surface area contributed by atoms with Crippen LogP contribution in [0.5, 0.6) is 11.5 Å². The van der Waals surface area contributed by atoms with Crippen LogP contribution in [0, 0.1) is 0 Å². The molecule has 0 spiro atoms. The second kappa shape index (κ2) is 12.5. The fourth-order valence-electron chi connectivity index (χ4n) is 2.74. The Bertz CT molecular complexity index is 1130. The van der Waals surface area contributed by atoms with Crippen LogP contribution in [0.1, 0.15) is 35.7 Å². The number of carbonyl (C=O) groups excluding carboxylic acids is 3. The first-order chi connectivity index (χ1) is 16.5. The number of unbranched alkanes of at least 4 members (excludes halogenated alkanes) is 1. The molecule has 2 N–H and O–H groups in total. The molecule has 0 radical (unpaired) electrons. The number of rotatable bonds is 9. The summed E-state index contributed by atoms with van der Waals surface area (Å²) in [6.45, 7) is 2.73. The van der Waals surface area contributed by atoms with Gasteiger partial charge in [-0.3, -0.25) is 9.59 Å². The highest BCUT2D eigenvalue weighted by atomic mass is 16.5.